The van der Waals surface area contributed by atoms with E-state index in [0.717, 1.165) is 12.8 Å². The monoisotopic (exact) mass is 475 g/mol. The van der Waals surface area contributed by atoms with Gasteiger partial charge in [-0.05, 0) is 37.8 Å². The van der Waals surface area contributed by atoms with Crippen molar-refractivity contribution in [3.8, 4) is 5.75 Å². The van der Waals surface area contributed by atoms with Gasteiger partial charge in [-0.15, -0.1) is 0 Å². The normalized spacial score (nSPS) is 19.2. The second kappa shape index (κ2) is 12.4. The van der Waals surface area contributed by atoms with E-state index in [1.807, 2.05) is 13.8 Å². The molecule has 1 aromatic rings. The van der Waals surface area contributed by atoms with Crippen LogP contribution < -0.4 is 4.74 Å². The second-order valence-electron chi connectivity index (χ2n) is 7.50. The average Bonchev–Trinajstić information content (AvgIpc) is 3.19. The molecule has 0 bridgehead atoms. The van der Waals surface area contributed by atoms with Crippen molar-refractivity contribution in [3.05, 3.63) is 27.7 Å². The summed E-state index contributed by atoms with van der Waals surface area (Å²) in [7, 11) is 1.52. The lowest BCUT2D eigenvalue weighted by Crippen LogP contribution is -2.33. The van der Waals surface area contributed by atoms with Crippen LogP contribution in [0.4, 0.5) is 4.79 Å². The molecule has 1 heterocycles. The number of nitrogens with zero attached hydrogens (tertiary/aromatic N) is 1. The van der Waals surface area contributed by atoms with Gasteiger partial charge in [-0.25, -0.2) is 4.79 Å². The van der Waals surface area contributed by atoms with Crippen molar-refractivity contribution in [3.63, 3.8) is 0 Å². The van der Waals surface area contributed by atoms with E-state index in [0.29, 0.717) is 47.5 Å². The van der Waals surface area contributed by atoms with Crippen LogP contribution in [0, 0.1) is 11.8 Å². The maximum Gasteiger partial charge on any atom is 0.410 e. The van der Waals surface area contributed by atoms with Crippen LogP contribution in [0.25, 0.3) is 0 Å². The number of methoxy groups -OCH3 is 1. The zero-order valence-corrected chi connectivity index (χ0v) is 20.0. The maximum absolute atomic E-state index is 12.9. The summed E-state index contributed by atoms with van der Waals surface area (Å²) < 4.78 is 21.4. The molecule has 3 unspecified atom stereocenters. The van der Waals surface area contributed by atoms with Crippen molar-refractivity contribution in [2.75, 3.05) is 33.7 Å². The predicted molar refractivity (Wildman–Crippen MR) is 119 cm³/mol. The number of rotatable bonds is 10. The molecule has 0 saturated carbocycles. The summed E-state index contributed by atoms with van der Waals surface area (Å²) in [6.45, 7) is 6.58. The highest BCUT2D eigenvalue weighted by Crippen LogP contribution is 2.47. The molecular formula is C22H31Cl2NO6. The molecule has 0 spiro atoms. The van der Waals surface area contributed by atoms with E-state index in [4.69, 9.17) is 42.1 Å². The molecule has 2 rings (SSSR count). The van der Waals surface area contributed by atoms with E-state index in [1.54, 1.807) is 24.0 Å². The molecule has 9 heteroatoms. The molecule has 1 aliphatic heterocycles. The number of benzene rings is 1. The summed E-state index contributed by atoms with van der Waals surface area (Å²) in [6, 6.07) is 2.87. The van der Waals surface area contributed by atoms with Gasteiger partial charge in [0.15, 0.2) is 6.79 Å². The van der Waals surface area contributed by atoms with Crippen LogP contribution in [0.5, 0.6) is 5.75 Å². The number of hydrogen-bond donors (Lipinski definition) is 0. The number of ether oxygens (including phenoxy) is 4. The smallest absolute Gasteiger partial charge is 0.410 e. The molecule has 1 aliphatic rings. The van der Waals surface area contributed by atoms with Gasteiger partial charge in [-0.3, -0.25) is 4.79 Å². The lowest BCUT2D eigenvalue weighted by molar-refractivity contribution is -0.149. The fourth-order valence-electron chi connectivity index (χ4n) is 3.67. The highest BCUT2D eigenvalue weighted by atomic mass is 35.5. The van der Waals surface area contributed by atoms with Gasteiger partial charge in [0, 0.05) is 19.2 Å². The number of amides is 1. The predicted octanol–water partition coefficient (Wildman–Crippen LogP) is 5.48. The average molecular weight is 476 g/mol. The highest BCUT2D eigenvalue weighted by Gasteiger charge is 2.43. The van der Waals surface area contributed by atoms with E-state index in [2.05, 4.69) is 0 Å². The fraction of sp³-hybridized carbons (Fsp3) is 0.636. The molecule has 1 aromatic carbocycles. The van der Waals surface area contributed by atoms with Crippen LogP contribution >= 0.6 is 23.2 Å². The summed E-state index contributed by atoms with van der Waals surface area (Å²) in [5.74, 6) is -0.345. The van der Waals surface area contributed by atoms with Crippen LogP contribution in [0.15, 0.2) is 12.1 Å². The van der Waals surface area contributed by atoms with Gasteiger partial charge >= 0.3 is 12.1 Å². The van der Waals surface area contributed by atoms with E-state index >= 15 is 0 Å². The van der Waals surface area contributed by atoms with Crippen LogP contribution in [-0.2, 0) is 19.0 Å². The third kappa shape index (κ3) is 6.40. The Morgan fingerprint density at radius 2 is 1.97 bits per heavy atom. The fourth-order valence-corrected chi connectivity index (χ4v) is 4.11. The topological polar surface area (TPSA) is 74.3 Å². The van der Waals surface area contributed by atoms with Crippen LogP contribution in [0.2, 0.25) is 10.0 Å². The Labute approximate surface area is 193 Å². The van der Waals surface area contributed by atoms with Crippen molar-refractivity contribution in [2.24, 2.45) is 11.8 Å². The summed E-state index contributed by atoms with van der Waals surface area (Å²) in [5, 5.41) is 0.652. The van der Waals surface area contributed by atoms with E-state index in [-0.39, 0.29) is 18.7 Å². The first-order valence-corrected chi connectivity index (χ1v) is 11.3. The first-order valence-electron chi connectivity index (χ1n) is 10.5. The molecule has 3 atom stereocenters. The standard InChI is InChI=1S/C22H31Cl2NO6/c1-5-7-10-30-22(27)25-12-15(14(3)21(26)29-6-2)11-17(25)19-18(31-13-28-4)9-8-16(23)20(19)24/h8-9,14-15,17H,5-7,10-13H2,1-4H3. The van der Waals surface area contributed by atoms with Gasteiger partial charge in [-0.2, -0.15) is 0 Å². The van der Waals surface area contributed by atoms with Crippen LogP contribution in [0.1, 0.15) is 51.6 Å². The largest absolute Gasteiger partial charge is 0.467 e. The Bertz CT molecular complexity index is 760. The number of carbonyl (C=O) groups excluding carboxylic acids is 2. The van der Waals surface area contributed by atoms with Crippen molar-refractivity contribution in [1.82, 2.24) is 4.90 Å². The Kier molecular flexibility index (Phi) is 10.2. The van der Waals surface area contributed by atoms with E-state index < -0.39 is 18.1 Å². The molecule has 31 heavy (non-hydrogen) atoms. The molecule has 1 amide bonds. The molecule has 174 valence electrons. The Hall–Kier alpha value is -1.70. The van der Waals surface area contributed by atoms with Crippen molar-refractivity contribution in [2.45, 2.75) is 46.1 Å². The molecular weight excluding hydrogens is 445 g/mol. The number of carbonyl (C=O) groups is 2. The zero-order chi connectivity index (χ0) is 23.0. The number of likely N-dealkylation sites (tertiary alicyclic amines) is 1. The Balaban J connectivity index is 2.39. The van der Waals surface area contributed by atoms with Crippen LogP contribution in [0.3, 0.4) is 0 Å². The molecule has 0 aliphatic carbocycles. The summed E-state index contributed by atoms with van der Waals surface area (Å²) in [6.07, 6.45) is 1.72. The van der Waals surface area contributed by atoms with Crippen LogP contribution in [-0.4, -0.2) is 50.6 Å². The van der Waals surface area contributed by atoms with Crippen molar-refractivity contribution in [1.29, 1.82) is 0 Å². The minimum Gasteiger partial charge on any atom is -0.467 e. The third-order valence-electron chi connectivity index (χ3n) is 5.42. The second-order valence-corrected chi connectivity index (χ2v) is 8.28. The zero-order valence-electron chi connectivity index (χ0n) is 18.5. The Morgan fingerprint density at radius 1 is 1.23 bits per heavy atom. The highest BCUT2D eigenvalue weighted by molar-refractivity contribution is 6.42. The number of unbranched alkanes of at least 4 members (excludes halogenated alkanes) is 1. The first kappa shape index (κ1) is 25.6. The van der Waals surface area contributed by atoms with Gasteiger partial charge in [-0.1, -0.05) is 43.5 Å². The van der Waals surface area contributed by atoms with E-state index in [9.17, 15) is 9.59 Å². The minimum atomic E-state index is -0.464. The molecule has 7 nitrogen and oxygen atoms in total. The lowest BCUT2D eigenvalue weighted by Gasteiger charge is -2.27. The minimum absolute atomic E-state index is 0.0152. The molecule has 0 aromatic heterocycles. The summed E-state index contributed by atoms with van der Waals surface area (Å²) >= 11 is 12.9. The Morgan fingerprint density at radius 3 is 2.61 bits per heavy atom. The number of esters is 1. The third-order valence-corrected chi connectivity index (χ3v) is 6.23. The molecule has 0 N–H and O–H groups in total. The lowest BCUT2D eigenvalue weighted by atomic mass is 9.90. The van der Waals surface area contributed by atoms with Gasteiger partial charge in [0.1, 0.15) is 5.75 Å². The van der Waals surface area contributed by atoms with Crippen molar-refractivity contribution >= 4 is 35.3 Å². The first-order chi connectivity index (χ1) is 14.8. The molecule has 1 saturated heterocycles. The van der Waals surface area contributed by atoms with Gasteiger partial charge in [0.05, 0.1) is 35.2 Å². The van der Waals surface area contributed by atoms with Gasteiger partial charge in [0.2, 0.25) is 0 Å². The summed E-state index contributed by atoms with van der Waals surface area (Å²) in [4.78, 5) is 26.9. The SMILES string of the molecule is CCCCOC(=O)N1CC(C(C)C(=O)OCC)CC1c1c(OCOC)ccc(Cl)c1Cl. The van der Waals surface area contributed by atoms with Gasteiger partial charge in [0.25, 0.3) is 0 Å². The maximum atomic E-state index is 12.9. The number of hydrogen-bond acceptors (Lipinski definition) is 6. The summed E-state index contributed by atoms with van der Waals surface area (Å²) in [5.41, 5.74) is 0.581. The van der Waals surface area contributed by atoms with Gasteiger partial charge < -0.3 is 23.8 Å². The van der Waals surface area contributed by atoms with Crippen molar-refractivity contribution < 1.29 is 28.5 Å². The van der Waals surface area contributed by atoms with E-state index in [1.165, 1.54) is 7.11 Å². The number of halogens is 2. The molecule has 1 fully saturated rings. The molecule has 0 radical (unpaired) electrons. The quantitative estimate of drug-likeness (QED) is 0.253.